The molecule has 0 aliphatic carbocycles. The van der Waals surface area contributed by atoms with E-state index in [2.05, 4.69) is 23.8 Å². The zero-order chi connectivity index (χ0) is 15.6. The normalized spacial score (nSPS) is 18.0. The van der Waals surface area contributed by atoms with Crippen LogP contribution in [-0.4, -0.2) is 33.9 Å². The minimum absolute atomic E-state index is 0.0602. The van der Waals surface area contributed by atoms with Crippen LogP contribution in [0.2, 0.25) is 0 Å². The van der Waals surface area contributed by atoms with E-state index >= 15 is 0 Å². The van der Waals surface area contributed by atoms with Crippen molar-refractivity contribution in [2.75, 3.05) is 18.8 Å². The first-order valence-corrected chi connectivity index (χ1v) is 7.78. The second-order valence-corrected chi connectivity index (χ2v) is 6.64. The third-order valence-corrected chi connectivity index (χ3v) is 4.67. The van der Waals surface area contributed by atoms with Crippen LogP contribution < -0.4 is 5.73 Å². The van der Waals surface area contributed by atoms with Crippen molar-refractivity contribution in [1.82, 2.24) is 14.9 Å². The van der Waals surface area contributed by atoms with Gasteiger partial charge in [0, 0.05) is 19.0 Å². The fraction of sp³-hybridized carbons (Fsp3) is 0.688. The largest absolute Gasteiger partial charge is 0.396 e. The Bertz CT molecular complexity index is 519. The highest BCUT2D eigenvalue weighted by molar-refractivity contribution is 5.97. The van der Waals surface area contributed by atoms with E-state index in [9.17, 15) is 4.79 Å². The van der Waals surface area contributed by atoms with Crippen LogP contribution >= 0.6 is 0 Å². The summed E-state index contributed by atoms with van der Waals surface area (Å²) < 4.78 is 0. The van der Waals surface area contributed by atoms with Gasteiger partial charge in [-0.05, 0) is 18.3 Å². The molecular formula is C16H26N4O. The van der Waals surface area contributed by atoms with Gasteiger partial charge in [0.15, 0.2) is 5.69 Å². The van der Waals surface area contributed by atoms with Gasteiger partial charge in [0.2, 0.25) is 0 Å². The molecule has 1 fully saturated rings. The highest BCUT2D eigenvalue weighted by Crippen LogP contribution is 2.34. The van der Waals surface area contributed by atoms with Crippen molar-refractivity contribution in [2.45, 2.75) is 52.9 Å². The Labute approximate surface area is 127 Å². The molecule has 0 atom stereocenters. The summed E-state index contributed by atoms with van der Waals surface area (Å²) in [7, 11) is 0. The van der Waals surface area contributed by atoms with Gasteiger partial charge < -0.3 is 10.6 Å². The lowest BCUT2D eigenvalue weighted by Crippen LogP contribution is -2.42. The molecule has 0 radical (unpaired) electrons. The molecule has 1 aromatic heterocycles. The zero-order valence-corrected chi connectivity index (χ0v) is 13.5. The molecule has 1 aliphatic rings. The van der Waals surface area contributed by atoms with Gasteiger partial charge in [-0.15, -0.1) is 0 Å². The highest BCUT2D eigenvalue weighted by Gasteiger charge is 2.31. The summed E-state index contributed by atoms with van der Waals surface area (Å²) in [6, 6.07) is 0. The van der Waals surface area contributed by atoms with E-state index < -0.39 is 0 Å². The third-order valence-electron chi connectivity index (χ3n) is 4.67. The van der Waals surface area contributed by atoms with Crippen molar-refractivity contribution in [3.8, 4) is 0 Å². The molecule has 1 amide bonds. The Morgan fingerprint density at radius 2 is 2.05 bits per heavy atom. The summed E-state index contributed by atoms with van der Waals surface area (Å²) in [5.41, 5.74) is 6.99. The van der Waals surface area contributed by atoms with Crippen molar-refractivity contribution in [1.29, 1.82) is 0 Å². The summed E-state index contributed by atoms with van der Waals surface area (Å²) in [6.45, 7) is 10.1. The maximum Gasteiger partial charge on any atom is 0.274 e. The van der Waals surface area contributed by atoms with Crippen LogP contribution in [0.1, 0.15) is 69.2 Å². The maximum atomic E-state index is 12.7. The van der Waals surface area contributed by atoms with E-state index in [0.29, 0.717) is 22.6 Å². The number of amides is 1. The predicted molar refractivity (Wildman–Crippen MR) is 84.1 cm³/mol. The molecular weight excluding hydrogens is 264 g/mol. The fourth-order valence-corrected chi connectivity index (χ4v) is 2.61. The standard InChI is InChI=1S/C16H26N4O/c1-5-16(4)6-8-20(9-7-16)15(21)13-12(17)10-18-14(19-13)11(2)3/h10-11H,5-9,17H2,1-4H3. The molecule has 0 spiro atoms. The molecule has 2 heterocycles. The molecule has 2 N–H and O–H groups in total. The molecule has 1 aliphatic heterocycles. The monoisotopic (exact) mass is 290 g/mol. The summed E-state index contributed by atoms with van der Waals surface area (Å²) in [4.78, 5) is 23.1. The van der Waals surface area contributed by atoms with Gasteiger partial charge >= 0.3 is 0 Å². The van der Waals surface area contributed by atoms with Crippen molar-refractivity contribution in [3.63, 3.8) is 0 Å². The van der Waals surface area contributed by atoms with Gasteiger partial charge in [-0.25, -0.2) is 9.97 Å². The Hall–Kier alpha value is -1.65. The summed E-state index contributed by atoms with van der Waals surface area (Å²) in [5, 5.41) is 0. The van der Waals surface area contributed by atoms with Crippen LogP contribution in [-0.2, 0) is 0 Å². The van der Waals surface area contributed by atoms with Gasteiger partial charge in [0.05, 0.1) is 11.9 Å². The van der Waals surface area contributed by atoms with E-state index in [4.69, 9.17) is 5.73 Å². The second-order valence-electron chi connectivity index (χ2n) is 6.64. The van der Waals surface area contributed by atoms with Crippen LogP contribution in [0.5, 0.6) is 0 Å². The number of nitrogens with two attached hydrogens (primary N) is 1. The number of piperidine rings is 1. The minimum atomic E-state index is -0.0602. The lowest BCUT2D eigenvalue weighted by Gasteiger charge is -2.38. The molecule has 21 heavy (non-hydrogen) atoms. The van der Waals surface area contributed by atoms with E-state index in [1.807, 2.05) is 18.7 Å². The topological polar surface area (TPSA) is 72.1 Å². The Morgan fingerprint density at radius 3 is 2.57 bits per heavy atom. The molecule has 5 heteroatoms. The van der Waals surface area contributed by atoms with Gasteiger partial charge in [0.25, 0.3) is 5.91 Å². The first-order valence-electron chi connectivity index (χ1n) is 7.78. The average molecular weight is 290 g/mol. The average Bonchev–Trinajstić information content (AvgIpc) is 2.47. The molecule has 2 rings (SSSR count). The predicted octanol–water partition coefficient (Wildman–Crippen LogP) is 2.83. The lowest BCUT2D eigenvalue weighted by atomic mass is 9.78. The quantitative estimate of drug-likeness (QED) is 0.929. The zero-order valence-electron chi connectivity index (χ0n) is 13.5. The molecule has 0 aromatic carbocycles. The van der Waals surface area contributed by atoms with Crippen molar-refractivity contribution >= 4 is 11.6 Å². The van der Waals surface area contributed by atoms with Gasteiger partial charge in [-0.1, -0.05) is 34.1 Å². The number of aromatic nitrogens is 2. The molecule has 1 saturated heterocycles. The van der Waals surface area contributed by atoms with E-state index in [1.165, 1.54) is 0 Å². The number of rotatable bonds is 3. The third kappa shape index (κ3) is 3.34. The minimum Gasteiger partial charge on any atom is -0.396 e. The van der Waals surface area contributed by atoms with Gasteiger partial charge in [0.1, 0.15) is 5.82 Å². The summed E-state index contributed by atoms with van der Waals surface area (Å²) in [6.07, 6.45) is 4.78. The van der Waals surface area contributed by atoms with Crippen LogP contribution in [0.3, 0.4) is 0 Å². The summed E-state index contributed by atoms with van der Waals surface area (Å²) in [5.74, 6) is 0.791. The Morgan fingerprint density at radius 1 is 1.43 bits per heavy atom. The number of carbonyl (C=O) groups is 1. The van der Waals surface area contributed by atoms with Crippen LogP contribution in [0, 0.1) is 5.41 Å². The molecule has 1 aromatic rings. The summed E-state index contributed by atoms with van der Waals surface area (Å²) >= 11 is 0. The Balaban J connectivity index is 2.16. The van der Waals surface area contributed by atoms with E-state index in [0.717, 1.165) is 32.4 Å². The second kappa shape index (κ2) is 6.00. The van der Waals surface area contributed by atoms with Crippen LogP contribution in [0.25, 0.3) is 0 Å². The van der Waals surface area contributed by atoms with Gasteiger partial charge in [-0.3, -0.25) is 4.79 Å². The molecule has 116 valence electrons. The lowest BCUT2D eigenvalue weighted by molar-refractivity contribution is 0.0595. The number of hydrogen-bond acceptors (Lipinski definition) is 4. The van der Waals surface area contributed by atoms with Crippen LogP contribution in [0.4, 0.5) is 5.69 Å². The number of carbonyl (C=O) groups excluding carboxylic acids is 1. The SMILES string of the molecule is CCC1(C)CCN(C(=O)c2nc(C(C)C)ncc2N)CC1. The van der Waals surface area contributed by atoms with Crippen molar-refractivity contribution in [3.05, 3.63) is 17.7 Å². The number of nitrogens with zero attached hydrogens (tertiary/aromatic N) is 3. The van der Waals surface area contributed by atoms with Crippen molar-refractivity contribution in [2.24, 2.45) is 5.41 Å². The number of likely N-dealkylation sites (tertiary alicyclic amines) is 1. The number of nitrogen functional groups attached to an aromatic ring is 1. The molecule has 0 saturated carbocycles. The van der Waals surface area contributed by atoms with E-state index in [1.54, 1.807) is 6.20 Å². The van der Waals surface area contributed by atoms with E-state index in [-0.39, 0.29) is 11.8 Å². The first-order chi connectivity index (χ1) is 9.86. The van der Waals surface area contributed by atoms with Gasteiger partial charge in [-0.2, -0.15) is 0 Å². The first kappa shape index (κ1) is 15.7. The number of hydrogen-bond donors (Lipinski definition) is 1. The number of anilines is 1. The van der Waals surface area contributed by atoms with Crippen molar-refractivity contribution < 1.29 is 4.79 Å². The smallest absolute Gasteiger partial charge is 0.274 e. The molecule has 0 unspecified atom stereocenters. The fourth-order valence-electron chi connectivity index (χ4n) is 2.61. The molecule has 0 bridgehead atoms. The molecule has 5 nitrogen and oxygen atoms in total. The van der Waals surface area contributed by atoms with Crippen LogP contribution in [0.15, 0.2) is 6.20 Å². The maximum absolute atomic E-state index is 12.7. The Kier molecular flexibility index (Phi) is 4.49. The highest BCUT2D eigenvalue weighted by atomic mass is 16.2.